The van der Waals surface area contributed by atoms with Gasteiger partial charge in [0.15, 0.2) is 11.9 Å². The van der Waals surface area contributed by atoms with Crippen LogP contribution in [-0.4, -0.2) is 50.5 Å². The molecule has 2 N–H and O–H groups in total. The maximum absolute atomic E-state index is 13.4. The Hall–Kier alpha value is -4.30. The van der Waals surface area contributed by atoms with Gasteiger partial charge in [0.2, 0.25) is 0 Å². The van der Waals surface area contributed by atoms with Crippen molar-refractivity contribution in [2.24, 2.45) is 0 Å². The van der Waals surface area contributed by atoms with Crippen LogP contribution in [0.5, 0.6) is 0 Å². The normalized spacial score (nSPS) is 12.5. The third kappa shape index (κ3) is 5.67. The first kappa shape index (κ1) is 24.8. The molecule has 0 radical (unpaired) electrons. The van der Waals surface area contributed by atoms with E-state index in [1.807, 2.05) is 73.8 Å². The summed E-state index contributed by atoms with van der Waals surface area (Å²) in [7, 11) is 0. The zero-order valence-corrected chi connectivity index (χ0v) is 20.2. The van der Waals surface area contributed by atoms with Crippen molar-refractivity contribution in [2.45, 2.75) is 32.4 Å². The largest absolute Gasteiger partial charge is 0.464 e. The molecule has 8 nitrogen and oxygen atoms in total. The monoisotopic (exact) mass is 484 g/mol. The Kier molecular flexibility index (Phi) is 7.87. The summed E-state index contributed by atoms with van der Waals surface area (Å²) < 4.78 is 6.56. The van der Waals surface area contributed by atoms with Gasteiger partial charge in [0.05, 0.1) is 23.9 Å². The minimum atomic E-state index is -1.54. The Bertz CT molecular complexity index is 1320. The summed E-state index contributed by atoms with van der Waals surface area (Å²) in [5.41, 5.74) is 3.78. The van der Waals surface area contributed by atoms with Gasteiger partial charge >= 0.3 is 5.97 Å². The average molecular weight is 485 g/mol. The van der Waals surface area contributed by atoms with Gasteiger partial charge in [-0.15, -0.1) is 0 Å². The molecule has 184 valence electrons. The molecule has 0 spiro atoms. The van der Waals surface area contributed by atoms with Crippen molar-refractivity contribution in [3.05, 3.63) is 102 Å². The second-order valence-electron chi connectivity index (χ2n) is 8.31. The van der Waals surface area contributed by atoms with Crippen molar-refractivity contribution in [1.82, 2.24) is 20.1 Å². The minimum absolute atomic E-state index is 0.122. The molecule has 36 heavy (non-hydrogen) atoms. The molecular weight excluding hydrogens is 456 g/mol. The Morgan fingerprint density at radius 2 is 1.72 bits per heavy atom. The summed E-state index contributed by atoms with van der Waals surface area (Å²) in [6.45, 7) is 3.73. The molecule has 0 aliphatic heterocycles. The summed E-state index contributed by atoms with van der Waals surface area (Å²) in [5, 5.41) is 18.2. The van der Waals surface area contributed by atoms with Crippen molar-refractivity contribution in [1.29, 1.82) is 0 Å². The molecule has 8 heteroatoms. The van der Waals surface area contributed by atoms with Crippen LogP contribution >= 0.6 is 0 Å². The average Bonchev–Trinajstić information content (AvgIpc) is 3.30. The zero-order valence-electron chi connectivity index (χ0n) is 20.2. The number of esters is 1. The lowest BCUT2D eigenvalue weighted by atomic mass is 10.0. The molecule has 2 aromatic heterocycles. The van der Waals surface area contributed by atoms with Gasteiger partial charge in [-0.2, -0.15) is 5.10 Å². The molecule has 1 amide bonds. The van der Waals surface area contributed by atoms with E-state index in [9.17, 15) is 14.7 Å². The van der Waals surface area contributed by atoms with Crippen molar-refractivity contribution in [3.8, 4) is 17.1 Å². The summed E-state index contributed by atoms with van der Waals surface area (Å²) in [6, 6.07) is 21.4. The number of rotatable bonds is 9. The molecular formula is C28H28N4O4. The number of hydrogen-bond acceptors (Lipinski definition) is 6. The predicted octanol–water partition coefficient (Wildman–Crippen LogP) is 3.51. The standard InChI is InChI=1S/C28H28N4O4/c1-3-36-28(35)25(33)23(17-20-11-6-4-7-12-20)30-27(34)22-15-10-16-29-26(22)32-18-19(2)24(31-32)21-13-8-5-9-14-21/h4-16,18,23,25,33H,3,17H2,1-2H3,(H,30,34). The maximum Gasteiger partial charge on any atom is 0.337 e. The lowest BCUT2D eigenvalue weighted by Gasteiger charge is -2.23. The Balaban J connectivity index is 1.63. The van der Waals surface area contributed by atoms with Crippen molar-refractivity contribution in [3.63, 3.8) is 0 Å². The van der Waals surface area contributed by atoms with Crippen LogP contribution in [0.3, 0.4) is 0 Å². The fourth-order valence-electron chi connectivity index (χ4n) is 3.95. The molecule has 0 saturated carbocycles. The quantitative estimate of drug-likeness (QED) is 0.352. The van der Waals surface area contributed by atoms with Gasteiger partial charge in [-0.05, 0) is 43.5 Å². The van der Waals surface area contributed by atoms with Crippen molar-refractivity contribution >= 4 is 11.9 Å². The predicted molar refractivity (Wildman–Crippen MR) is 136 cm³/mol. The molecule has 4 rings (SSSR count). The van der Waals surface area contributed by atoms with E-state index < -0.39 is 24.0 Å². The summed E-state index contributed by atoms with van der Waals surface area (Å²) in [4.78, 5) is 30.1. The third-order valence-electron chi connectivity index (χ3n) is 5.72. The number of carbonyl (C=O) groups is 2. The van der Waals surface area contributed by atoms with E-state index in [2.05, 4.69) is 15.4 Å². The van der Waals surface area contributed by atoms with Crippen LogP contribution in [0.15, 0.2) is 85.2 Å². The van der Waals surface area contributed by atoms with Gasteiger partial charge < -0.3 is 15.2 Å². The molecule has 2 heterocycles. The Morgan fingerprint density at radius 1 is 1.03 bits per heavy atom. The molecule has 4 aromatic rings. The highest BCUT2D eigenvalue weighted by molar-refractivity contribution is 5.97. The number of ether oxygens (including phenoxy) is 1. The molecule has 0 fully saturated rings. The van der Waals surface area contributed by atoms with Crippen molar-refractivity contribution < 1.29 is 19.4 Å². The van der Waals surface area contributed by atoms with Gasteiger partial charge in [-0.1, -0.05) is 60.7 Å². The van der Waals surface area contributed by atoms with Crippen LogP contribution in [0, 0.1) is 6.92 Å². The van der Waals surface area contributed by atoms with E-state index >= 15 is 0 Å². The van der Waals surface area contributed by atoms with Crippen LogP contribution in [0.4, 0.5) is 0 Å². The highest BCUT2D eigenvalue weighted by Crippen LogP contribution is 2.23. The van der Waals surface area contributed by atoms with Gasteiger partial charge in [0.25, 0.3) is 5.91 Å². The number of hydrogen-bond donors (Lipinski definition) is 2. The van der Waals surface area contributed by atoms with Crippen LogP contribution in [-0.2, 0) is 16.0 Å². The first-order valence-electron chi connectivity index (χ1n) is 11.7. The van der Waals surface area contributed by atoms with E-state index in [1.54, 1.807) is 29.9 Å². The van der Waals surface area contributed by atoms with Gasteiger partial charge in [-0.3, -0.25) is 4.79 Å². The summed E-state index contributed by atoms with van der Waals surface area (Å²) >= 11 is 0. The number of aliphatic hydroxyl groups excluding tert-OH is 1. The zero-order chi connectivity index (χ0) is 25.5. The Morgan fingerprint density at radius 3 is 2.42 bits per heavy atom. The molecule has 0 saturated heterocycles. The van der Waals surface area contributed by atoms with Gasteiger partial charge in [0.1, 0.15) is 0 Å². The van der Waals surface area contributed by atoms with Crippen LogP contribution < -0.4 is 5.32 Å². The van der Waals surface area contributed by atoms with E-state index in [0.29, 0.717) is 5.82 Å². The first-order chi connectivity index (χ1) is 17.5. The first-order valence-corrected chi connectivity index (χ1v) is 11.7. The molecule has 0 aliphatic rings. The van der Waals surface area contributed by atoms with Gasteiger partial charge in [-0.25, -0.2) is 14.5 Å². The highest BCUT2D eigenvalue weighted by Gasteiger charge is 2.30. The smallest absolute Gasteiger partial charge is 0.337 e. The number of aryl methyl sites for hydroxylation is 1. The number of benzene rings is 2. The van der Waals surface area contributed by atoms with Crippen LogP contribution in [0.25, 0.3) is 17.1 Å². The molecule has 0 aliphatic carbocycles. The van der Waals surface area contributed by atoms with Crippen LogP contribution in [0.1, 0.15) is 28.4 Å². The summed E-state index contributed by atoms with van der Waals surface area (Å²) in [5.74, 6) is -0.943. The fourth-order valence-corrected chi connectivity index (χ4v) is 3.95. The van der Waals surface area contributed by atoms with Gasteiger partial charge in [0, 0.05) is 18.0 Å². The lowest BCUT2D eigenvalue weighted by Crippen LogP contribution is -2.49. The lowest BCUT2D eigenvalue weighted by molar-refractivity contribution is -0.154. The number of aromatic nitrogens is 3. The van der Waals surface area contributed by atoms with E-state index in [0.717, 1.165) is 22.4 Å². The number of carbonyl (C=O) groups excluding carboxylic acids is 2. The third-order valence-corrected chi connectivity index (χ3v) is 5.72. The maximum atomic E-state index is 13.4. The van der Waals surface area contributed by atoms with Crippen LogP contribution in [0.2, 0.25) is 0 Å². The second kappa shape index (κ2) is 11.4. The number of pyridine rings is 1. The van der Waals surface area contributed by atoms with E-state index in [1.165, 1.54) is 0 Å². The second-order valence-corrected chi connectivity index (χ2v) is 8.31. The SMILES string of the molecule is CCOC(=O)C(O)C(Cc1ccccc1)NC(=O)c1cccnc1-n1cc(C)c(-c2ccccc2)n1. The number of nitrogens with zero attached hydrogens (tertiary/aromatic N) is 3. The Labute approximate surface area is 209 Å². The molecule has 2 atom stereocenters. The highest BCUT2D eigenvalue weighted by atomic mass is 16.5. The molecule has 2 aromatic carbocycles. The van der Waals surface area contributed by atoms with E-state index in [-0.39, 0.29) is 18.6 Å². The number of nitrogens with one attached hydrogen (secondary N) is 1. The number of aliphatic hydroxyl groups is 1. The molecule has 0 bridgehead atoms. The van der Waals surface area contributed by atoms with E-state index in [4.69, 9.17) is 4.74 Å². The topological polar surface area (TPSA) is 106 Å². The molecule has 2 unspecified atom stereocenters. The summed E-state index contributed by atoms with van der Waals surface area (Å²) in [6.07, 6.45) is 2.10. The number of amides is 1. The fraction of sp³-hybridized carbons (Fsp3) is 0.214. The van der Waals surface area contributed by atoms with Crippen molar-refractivity contribution in [2.75, 3.05) is 6.61 Å². The minimum Gasteiger partial charge on any atom is -0.464 e.